The van der Waals surface area contributed by atoms with Gasteiger partial charge in [-0.15, -0.1) is 0 Å². The number of rotatable bonds is 5. The molecule has 0 amide bonds. The highest BCUT2D eigenvalue weighted by Gasteiger charge is 2.09. The van der Waals surface area contributed by atoms with Gasteiger partial charge in [0.25, 0.3) is 0 Å². The molecule has 1 saturated heterocycles. The normalized spacial score (nSPS) is 16.3. The summed E-state index contributed by atoms with van der Waals surface area (Å²) in [6.45, 7) is 6.20. The average molecular weight is 279 g/mol. The average Bonchev–Trinajstić information content (AvgIpc) is 2.39. The second-order valence-corrected chi connectivity index (χ2v) is 5.35. The number of aromatic nitrogens is 2. The third-order valence-corrected chi connectivity index (χ3v) is 3.48. The van der Waals surface area contributed by atoms with Gasteiger partial charge in [0, 0.05) is 18.8 Å². The number of piperidine rings is 1. The summed E-state index contributed by atoms with van der Waals surface area (Å²) in [4.78, 5) is 11.4. The summed E-state index contributed by atoms with van der Waals surface area (Å²) in [6, 6.07) is 1.80. The molecule has 0 aromatic carbocycles. The second-order valence-electron chi connectivity index (χ2n) is 4.91. The van der Waals surface area contributed by atoms with Crippen molar-refractivity contribution in [1.82, 2.24) is 14.9 Å². The topological polar surface area (TPSA) is 67.1 Å². The fraction of sp³-hybridized carbons (Fsp3) is 0.615. The van der Waals surface area contributed by atoms with Crippen LogP contribution in [0.1, 0.15) is 30.7 Å². The summed E-state index contributed by atoms with van der Waals surface area (Å²) in [5, 5.41) is 3.25. The van der Waals surface area contributed by atoms with Gasteiger partial charge in [0.15, 0.2) is 0 Å². The molecular formula is C13H21N5S. The minimum Gasteiger partial charge on any atom is -0.388 e. The predicted molar refractivity (Wildman–Crippen MR) is 81.4 cm³/mol. The van der Waals surface area contributed by atoms with Crippen LogP contribution in [-0.2, 0) is 0 Å². The van der Waals surface area contributed by atoms with Crippen LogP contribution >= 0.6 is 12.2 Å². The van der Waals surface area contributed by atoms with Crippen molar-refractivity contribution < 1.29 is 0 Å². The Hall–Kier alpha value is -1.27. The molecule has 0 aliphatic carbocycles. The fourth-order valence-corrected chi connectivity index (χ4v) is 2.39. The zero-order valence-electron chi connectivity index (χ0n) is 11.4. The molecule has 0 saturated carbocycles. The van der Waals surface area contributed by atoms with Gasteiger partial charge < -0.3 is 16.0 Å². The lowest BCUT2D eigenvalue weighted by molar-refractivity contribution is 0.237. The van der Waals surface area contributed by atoms with Gasteiger partial charge in [0.1, 0.15) is 10.7 Å². The Bertz CT molecular complexity index is 443. The van der Waals surface area contributed by atoms with E-state index in [-0.39, 0.29) is 0 Å². The quantitative estimate of drug-likeness (QED) is 0.792. The molecule has 0 spiro atoms. The Morgan fingerprint density at radius 1 is 1.37 bits per heavy atom. The number of nitrogens with two attached hydrogens (primary N) is 1. The van der Waals surface area contributed by atoms with Crippen LogP contribution in [0.15, 0.2) is 6.07 Å². The van der Waals surface area contributed by atoms with Gasteiger partial charge in [0.2, 0.25) is 5.95 Å². The van der Waals surface area contributed by atoms with Gasteiger partial charge in [-0.25, -0.2) is 9.97 Å². The lowest BCUT2D eigenvalue weighted by atomic mass is 10.1. The maximum atomic E-state index is 5.60. The molecule has 0 atom stereocenters. The summed E-state index contributed by atoms with van der Waals surface area (Å²) in [5.41, 5.74) is 7.10. The molecule has 19 heavy (non-hydrogen) atoms. The van der Waals surface area contributed by atoms with E-state index in [9.17, 15) is 0 Å². The number of nitrogens with one attached hydrogen (secondary N) is 1. The zero-order valence-corrected chi connectivity index (χ0v) is 12.2. The smallest absolute Gasteiger partial charge is 0.223 e. The number of aryl methyl sites for hydroxylation is 1. The molecule has 2 heterocycles. The van der Waals surface area contributed by atoms with Crippen molar-refractivity contribution in [3.8, 4) is 0 Å². The fourth-order valence-electron chi connectivity index (χ4n) is 2.28. The first-order chi connectivity index (χ1) is 9.15. The molecule has 3 N–H and O–H groups in total. The highest BCUT2D eigenvalue weighted by Crippen LogP contribution is 2.08. The number of likely N-dealkylation sites (tertiary alicyclic amines) is 1. The van der Waals surface area contributed by atoms with Crippen molar-refractivity contribution in [2.45, 2.75) is 26.2 Å². The molecule has 2 rings (SSSR count). The molecule has 1 aromatic rings. The number of hydrogen-bond donors (Lipinski definition) is 2. The van der Waals surface area contributed by atoms with Crippen LogP contribution in [0.4, 0.5) is 5.95 Å². The van der Waals surface area contributed by atoms with Crippen LogP contribution in [0, 0.1) is 6.92 Å². The van der Waals surface area contributed by atoms with E-state index in [4.69, 9.17) is 18.0 Å². The van der Waals surface area contributed by atoms with E-state index in [1.54, 1.807) is 6.07 Å². The second kappa shape index (κ2) is 6.77. The van der Waals surface area contributed by atoms with Crippen molar-refractivity contribution in [3.63, 3.8) is 0 Å². The third kappa shape index (κ3) is 4.40. The van der Waals surface area contributed by atoms with Gasteiger partial charge in [0.05, 0.1) is 0 Å². The Morgan fingerprint density at radius 3 is 2.79 bits per heavy atom. The predicted octanol–water partition coefficient (Wildman–Crippen LogP) is 1.32. The molecule has 5 nitrogen and oxygen atoms in total. The van der Waals surface area contributed by atoms with Crippen LogP contribution in [-0.4, -0.2) is 46.0 Å². The summed E-state index contributed by atoms with van der Waals surface area (Å²) >= 11 is 4.95. The Balaban J connectivity index is 1.86. The molecule has 1 aliphatic heterocycles. The summed E-state index contributed by atoms with van der Waals surface area (Å²) in [7, 11) is 0. The van der Waals surface area contributed by atoms with E-state index in [0.717, 1.165) is 18.8 Å². The maximum absolute atomic E-state index is 5.60. The van der Waals surface area contributed by atoms with E-state index in [0.29, 0.717) is 16.6 Å². The minimum absolute atomic E-state index is 0.310. The monoisotopic (exact) mass is 279 g/mol. The first kappa shape index (κ1) is 14.1. The Labute approximate surface area is 119 Å². The summed E-state index contributed by atoms with van der Waals surface area (Å²) < 4.78 is 0. The first-order valence-corrected chi connectivity index (χ1v) is 7.18. The van der Waals surface area contributed by atoms with Crippen LogP contribution in [0.25, 0.3) is 0 Å². The molecule has 0 bridgehead atoms. The van der Waals surface area contributed by atoms with Crippen molar-refractivity contribution in [3.05, 3.63) is 17.5 Å². The van der Waals surface area contributed by atoms with Gasteiger partial charge in [-0.05, 0) is 38.9 Å². The zero-order chi connectivity index (χ0) is 13.7. The molecule has 1 aliphatic rings. The maximum Gasteiger partial charge on any atom is 0.223 e. The minimum atomic E-state index is 0.310. The van der Waals surface area contributed by atoms with Crippen LogP contribution in [0.3, 0.4) is 0 Å². The van der Waals surface area contributed by atoms with E-state index in [1.807, 2.05) is 6.92 Å². The van der Waals surface area contributed by atoms with Gasteiger partial charge in [-0.2, -0.15) is 0 Å². The van der Waals surface area contributed by atoms with Crippen molar-refractivity contribution >= 4 is 23.2 Å². The van der Waals surface area contributed by atoms with Crippen LogP contribution < -0.4 is 11.1 Å². The Kier molecular flexibility index (Phi) is 5.04. The highest BCUT2D eigenvalue weighted by atomic mass is 32.1. The number of thiocarbonyl (C=S) groups is 1. The first-order valence-electron chi connectivity index (χ1n) is 6.77. The molecule has 104 valence electrons. The van der Waals surface area contributed by atoms with Gasteiger partial charge in [-0.3, -0.25) is 0 Å². The molecular weight excluding hydrogens is 258 g/mol. The van der Waals surface area contributed by atoms with Crippen LogP contribution in [0.5, 0.6) is 0 Å². The molecule has 1 aromatic heterocycles. The molecule has 0 radical (unpaired) electrons. The highest BCUT2D eigenvalue weighted by molar-refractivity contribution is 7.80. The third-order valence-electron chi connectivity index (χ3n) is 3.27. The van der Waals surface area contributed by atoms with E-state index in [2.05, 4.69) is 20.2 Å². The van der Waals surface area contributed by atoms with Crippen molar-refractivity contribution in [2.24, 2.45) is 5.73 Å². The van der Waals surface area contributed by atoms with Crippen molar-refractivity contribution in [2.75, 3.05) is 31.5 Å². The number of nitrogens with zero attached hydrogens (tertiary/aromatic N) is 3. The van der Waals surface area contributed by atoms with Crippen LogP contribution in [0.2, 0.25) is 0 Å². The molecule has 0 unspecified atom stereocenters. The number of anilines is 1. The largest absolute Gasteiger partial charge is 0.388 e. The SMILES string of the molecule is Cc1cc(C(N)=S)nc(NCCN2CCCCC2)n1. The van der Waals surface area contributed by atoms with Crippen molar-refractivity contribution in [1.29, 1.82) is 0 Å². The van der Waals surface area contributed by atoms with E-state index < -0.39 is 0 Å². The molecule has 1 fully saturated rings. The van der Waals surface area contributed by atoms with E-state index in [1.165, 1.54) is 32.4 Å². The summed E-state index contributed by atoms with van der Waals surface area (Å²) in [5.74, 6) is 0.611. The van der Waals surface area contributed by atoms with E-state index >= 15 is 0 Å². The lowest BCUT2D eigenvalue weighted by Crippen LogP contribution is -2.34. The number of hydrogen-bond acceptors (Lipinski definition) is 5. The van der Waals surface area contributed by atoms with Gasteiger partial charge in [-0.1, -0.05) is 18.6 Å². The lowest BCUT2D eigenvalue weighted by Gasteiger charge is -2.26. The summed E-state index contributed by atoms with van der Waals surface area (Å²) in [6.07, 6.45) is 3.99. The van der Waals surface area contributed by atoms with Gasteiger partial charge >= 0.3 is 0 Å². The molecule has 6 heteroatoms. The standard InChI is InChI=1S/C13H21N5S/c1-10-9-11(12(14)19)17-13(16-10)15-5-8-18-6-3-2-4-7-18/h9H,2-8H2,1H3,(H2,14,19)(H,15,16,17). The Morgan fingerprint density at radius 2 is 2.11 bits per heavy atom.